The van der Waals surface area contributed by atoms with E-state index in [1.807, 2.05) is 6.07 Å². The molecular weight excluding hydrogens is 252 g/mol. The molecule has 0 aliphatic heterocycles. The molecule has 0 radical (unpaired) electrons. The maximum atomic E-state index is 10.9. The van der Waals surface area contributed by atoms with Gasteiger partial charge in [-0.25, -0.2) is 13.6 Å². The Morgan fingerprint density at radius 1 is 1.44 bits per heavy atom. The van der Waals surface area contributed by atoms with Gasteiger partial charge in [0.25, 0.3) is 0 Å². The normalized spacial score (nSPS) is 19.5. The van der Waals surface area contributed by atoms with Gasteiger partial charge >= 0.3 is 0 Å². The Kier molecular flexibility index (Phi) is 3.89. The zero-order valence-electron chi connectivity index (χ0n) is 10.1. The van der Waals surface area contributed by atoms with Crippen molar-refractivity contribution in [3.63, 3.8) is 0 Å². The summed E-state index contributed by atoms with van der Waals surface area (Å²) in [5, 5.41) is 17.6. The second kappa shape index (κ2) is 5.26. The Balaban J connectivity index is 2.04. The van der Waals surface area contributed by atoms with Crippen LogP contribution in [0.25, 0.3) is 0 Å². The predicted molar refractivity (Wildman–Crippen MR) is 69.8 cm³/mol. The molecule has 0 heterocycles. The van der Waals surface area contributed by atoms with Crippen molar-refractivity contribution in [1.82, 2.24) is 5.32 Å². The highest BCUT2D eigenvalue weighted by Gasteiger charge is 2.20. The molecular formula is C12H18N2O3S. The number of hydrogen-bond donors (Lipinski definition) is 3. The number of sulfonamides is 1. The Labute approximate surface area is 107 Å². The first kappa shape index (κ1) is 13.3. The number of phenols is 1. The van der Waals surface area contributed by atoms with Gasteiger partial charge in [-0.15, -0.1) is 0 Å². The quantitative estimate of drug-likeness (QED) is 0.749. The van der Waals surface area contributed by atoms with Gasteiger partial charge in [0, 0.05) is 12.6 Å². The number of primary sulfonamides is 1. The lowest BCUT2D eigenvalue weighted by molar-refractivity contribution is 0.457. The first-order valence-electron chi connectivity index (χ1n) is 6.01. The smallest absolute Gasteiger partial charge is 0.210 e. The summed E-state index contributed by atoms with van der Waals surface area (Å²) >= 11 is 0. The Morgan fingerprint density at radius 2 is 2.22 bits per heavy atom. The van der Waals surface area contributed by atoms with Gasteiger partial charge in [0.05, 0.1) is 5.75 Å². The number of nitrogens with two attached hydrogens (primary N) is 1. The van der Waals surface area contributed by atoms with Gasteiger partial charge < -0.3 is 10.4 Å². The molecule has 0 amide bonds. The van der Waals surface area contributed by atoms with Crippen LogP contribution in [0.3, 0.4) is 0 Å². The molecule has 1 atom stereocenters. The molecule has 0 spiro atoms. The van der Waals surface area contributed by atoms with E-state index in [1.165, 1.54) is 0 Å². The number of benzene rings is 1. The zero-order chi connectivity index (χ0) is 13.2. The van der Waals surface area contributed by atoms with E-state index in [-0.39, 0.29) is 17.5 Å². The fourth-order valence-corrected chi connectivity index (χ4v) is 2.79. The van der Waals surface area contributed by atoms with E-state index < -0.39 is 10.0 Å². The molecule has 2 rings (SSSR count). The van der Waals surface area contributed by atoms with Crippen molar-refractivity contribution < 1.29 is 13.5 Å². The third-order valence-electron chi connectivity index (χ3n) is 3.22. The molecule has 4 N–H and O–H groups in total. The number of fused-ring (bicyclic) bond motifs is 1. The van der Waals surface area contributed by atoms with Gasteiger partial charge in [-0.2, -0.15) is 0 Å². The van der Waals surface area contributed by atoms with Crippen LogP contribution >= 0.6 is 0 Å². The Morgan fingerprint density at radius 3 is 2.94 bits per heavy atom. The monoisotopic (exact) mass is 270 g/mol. The number of aromatic hydroxyl groups is 1. The topological polar surface area (TPSA) is 92.4 Å². The van der Waals surface area contributed by atoms with E-state index >= 15 is 0 Å². The van der Waals surface area contributed by atoms with Gasteiger partial charge in [-0.3, -0.25) is 0 Å². The molecule has 100 valence electrons. The van der Waals surface area contributed by atoms with Crippen molar-refractivity contribution in [3.05, 3.63) is 29.3 Å². The minimum Gasteiger partial charge on any atom is -0.508 e. The van der Waals surface area contributed by atoms with E-state index in [1.54, 1.807) is 12.1 Å². The van der Waals surface area contributed by atoms with Crippen LogP contribution in [-0.2, 0) is 16.4 Å². The zero-order valence-corrected chi connectivity index (χ0v) is 10.9. The third-order valence-corrected chi connectivity index (χ3v) is 3.99. The molecule has 0 aromatic heterocycles. The van der Waals surface area contributed by atoms with Crippen molar-refractivity contribution in [2.45, 2.75) is 25.3 Å². The van der Waals surface area contributed by atoms with E-state index in [4.69, 9.17) is 5.14 Å². The van der Waals surface area contributed by atoms with Crippen molar-refractivity contribution in [2.24, 2.45) is 5.14 Å². The van der Waals surface area contributed by atoms with E-state index in [9.17, 15) is 13.5 Å². The summed E-state index contributed by atoms with van der Waals surface area (Å²) in [6.07, 6.45) is 2.96. The highest BCUT2D eigenvalue weighted by molar-refractivity contribution is 7.89. The lowest BCUT2D eigenvalue weighted by Gasteiger charge is -2.26. The number of rotatable bonds is 4. The molecule has 6 heteroatoms. The summed E-state index contributed by atoms with van der Waals surface area (Å²) in [4.78, 5) is 0. The van der Waals surface area contributed by atoms with Gasteiger partial charge in [0.15, 0.2) is 0 Å². The van der Waals surface area contributed by atoms with Gasteiger partial charge in [0.1, 0.15) is 5.75 Å². The molecule has 0 fully saturated rings. The number of nitrogens with one attached hydrogen (secondary N) is 1. The maximum absolute atomic E-state index is 10.9. The van der Waals surface area contributed by atoms with Crippen LogP contribution in [0.2, 0.25) is 0 Å². The molecule has 1 aliphatic carbocycles. The predicted octanol–water partition coefficient (Wildman–Crippen LogP) is 0.648. The van der Waals surface area contributed by atoms with E-state index in [0.29, 0.717) is 6.54 Å². The van der Waals surface area contributed by atoms with E-state index in [2.05, 4.69) is 5.32 Å². The van der Waals surface area contributed by atoms with Gasteiger partial charge in [-0.05, 0) is 42.5 Å². The summed E-state index contributed by atoms with van der Waals surface area (Å²) in [6, 6.07) is 5.50. The van der Waals surface area contributed by atoms with Crippen molar-refractivity contribution in [3.8, 4) is 5.75 Å². The molecule has 1 aromatic rings. The average molecular weight is 270 g/mol. The molecule has 0 saturated heterocycles. The summed E-state index contributed by atoms with van der Waals surface area (Å²) in [7, 11) is -3.41. The molecule has 18 heavy (non-hydrogen) atoms. The number of phenolic OH excluding ortho intramolecular Hbond substituents is 1. The Hall–Kier alpha value is -1.11. The highest BCUT2D eigenvalue weighted by atomic mass is 32.2. The van der Waals surface area contributed by atoms with Gasteiger partial charge in [0.2, 0.25) is 10.0 Å². The van der Waals surface area contributed by atoms with Crippen LogP contribution < -0.4 is 10.5 Å². The molecule has 0 bridgehead atoms. The van der Waals surface area contributed by atoms with Crippen molar-refractivity contribution in [2.75, 3.05) is 12.3 Å². The summed E-state index contributed by atoms with van der Waals surface area (Å²) in [6.45, 7) is 0.351. The number of hydrogen-bond acceptors (Lipinski definition) is 4. The van der Waals surface area contributed by atoms with Gasteiger partial charge in [-0.1, -0.05) is 6.07 Å². The molecule has 5 nitrogen and oxygen atoms in total. The summed E-state index contributed by atoms with van der Waals surface area (Å²) in [5.74, 6) is 0.218. The van der Waals surface area contributed by atoms with Crippen LogP contribution in [0.5, 0.6) is 5.75 Å². The number of aryl methyl sites for hydroxylation is 1. The van der Waals surface area contributed by atoms with Crippen LogP contribution in [0.4, 0.5) is 0 Å². The van der Waals surface area contributed by atoms with Crippen molar-refractivity contribution >= 4 is 10.0 Å². The summed E-state index contributed by atoms with van der Waals surface area (Å²) in [5.41, 5.74) is 2.28. The lowest BCUT2D eigenvalue weighted by atomic mass is 9.87. The van der Waals surface area contributed by atoms with Crippen LogP contribution in [0.1, 0.15) is 30.0 Å². The lowest BCUT2D eigenvalue weighted by Crippen LogP contribution is -2.31. The molecule has 0 saturated carbocycles. The SMILES string of the molecule is NS(=O)(=O)CCNC1CCCc2cc(O)ccc21. The standard InChI is InChI=1S/C12H18N2O3S/c13-18(16,17)7-6-14-12-3-1-2-9-8-10(15)4-5-11(9)12/h4-5,8,12,14-15H,1-3,6-7H2,(H2,13,16,17). The third kappa shape index (κ3) is 3.44. The molecule has 1 aliphatic rings. The van der Waals surface area contributed by atoms with Crippen LogP contribution in [0.15, 0.2) is 18.2 Å². The minimum absolute atomic E-state index is 0.0586. The van der Waals surface area contributed by atoms with Crippen LogP contribution in [0, 0.1) is 0 Å². The highest BCUT2D eigenvalue weighted by Crippen LogP contribution is 2.31. The fourth-order valence-electron chi connectivity index (χ4n) is 2.39. The van der Waals surface area contributed by atoms with Crippen molar-refractivity contribution in [1.29, 1.82) is 0 Å². The maximum Gasteiger partial charge on any atom is 0.210 e. The van der Waals surface area contributed by atoms with Crippen LogP contribution in [-0.4, -0.2) is 25.8 Å². The summed E-state index contributed by atoms with van der Waals surface area (Å²) < 4.78 is 21.7. The van der Waals surface area contributed by atoms with E-state index in [0.717, 1.165) is 30.4 Å². The minimum atomic E-state index is -3.41. The first-order chi connectivity index (χ1) is 8.46. The first-order valence-corrected chi connectivity index (χ1v) is 7.73. The molecule has 1 aromatic carbocycles. The Bertz CT molecular complexity index is 528. The second-order valence-electron chi connectivity index (χ2n) is 4.65. The molecule has 1 unspecified atom stereocenters. The largest absolute Gasteiger partial charge is 0.508 e. The fraction of sp³-hybridized carbons (Fsp3) is 0.500. The average Bonchev–Trinajstić information content (AvgIpc) is 2.27. The second-order valence-corrected chi connectivity index (χ2v) is 6.38.